The molecule has 0 bridgehead atoms. The molecule has 0 radical (unpaired) electrons. The number of nitrogens with one attached hydrogen (secondary N) is 2. The number of ether oxygens (including phenoxy) is 1. The Morgan fingerprint density at radius 2 is 1.58 bits per heavy atom. The number of terminal acetylenes is 1. The Balaban J connectivity index is 1.96. The molecule has 198 valence electrons. The number of fused-ring (bicyclic) bond motifs is 1. The minimum atomic E-state index is -1.05. The Kier molecular flexibility index (Phi) is 8.80. The van der Waals surface area contributed by atoms with Gasteiger partial charge < -0.3 is 20.3 Å². The lowest BCUT2D eigenvalue weighted by Crippen LogP contribution is -2.53. The Morgan fingerprint density at radius 1 is 0.947 bits per heavy atom. The summed E-state index contributed by atoms with van der Waals surface area (Å²) in [5.74, 6) is 1.46. The number of rotatable bonds is 7. The second-order valence-corrected chi connectivity index (χ2v) is 10.5. The topological polar surface area (TPSA) is 87.7 Å². The summed E-state index contributed by atoms with van der Waals surface area (Å²) in [6.07, 6.45) is 5.04. The van der Waals surface area contributed by atoms with Crippen molar-refractivity contribution in [2.24, 2.45) is 5.92 Å². The van der Waals surface area contributed by atoms with Gasteiger partial charge in [-0.2, -0.15) is 0 Å². The van der Waals surface area contributed by atoms with Crippen LogP contribution >= 0.6 is 0 Å². The van der Waals surface area contributed by atoms with E-state index in [0.717, 1.165) is 10.8 Å². The fraction of sp³-hybridized carbons (Fsp3) is 0.323. The number of carbonyl (C=O) groups is 3. The van der Waals surface area contributed by atoms with Gasteiger partial charge in [0.25, 0.3) is 5.91 Å². The lowest BCUT2D eigenvalue weighted by molar-refractivity contribution is -0.140. The summed E-state index contributed by atoms with van der Waals surface area (Å²) in [6.45, 7) is 8.86. The van der Waals surface area contributed by atoms with Gasteiger partial charge >= 0.3 is 6.09 Å². The molecule has 2 N–H and O–H groups in total. The third-order valence-corrected chi connectivity index (χ3v) is 6.02. The van der Waals surface area contributed by atoms with Crippen LogP contribution in [0.2, 0.25) is 0 Å². The number of likely N-dealkylation sites (N-methyl/N-ethyl adjacent to an activating group) is 1. The van der Waals surface area contributed by atoms with Crippen molar-refractivity contribution in [2.45, 2.75) is 52.3 Å². The smallest absolute Gasteiger partial charge is 0.408 e. The summed E-state index contributed by atoms with van der Waals surface area (Å²) in [4.78, 5) is 41.4. The minimum Gasteiger partial charge on any atom is -0.444 e. The van der Waals surface area contributed by atoms with Crippen LogP contribution in [0.1, 0.15) is 51.8 Å². The van der Waals surface area contributed by atoms with Crippen molar-refractivity contribution in [3.05, 3.63) is 77.9 Å². The second-order valence-electron chi connectivity index (χ2n) is 10.5. The summed E-state index contributed by atoms with van der Waals surface area (Å²) >= 11 is 0. The van der Waals surface area contributed by atoms with E-state index in [2.05, 4.69) is 16.6 Å². The van der Waals surface area contributed by atoms with Crippen molar-refractivity contribution in [1.82, 2.24) is 10.2 Å². The van der Waals surface area contributed by atoms with Crippen LogP contribution in [0.3, 0.4) is 0 Å². The van der Waals surface area contributed by atoms with Gasteiger partial charge in [-0.05, 0) is 61.2 Å². The number of hydrogen-bond acceptors (Lipinski definition) is 4. The van der Waals surface area contributed by atoms with E-state index < -0.39 is 35.6 Å². The first-order valence-electron chi connectivity index (χ1n) is 12.5. The third-order valence-electron chi connectivity index (χ3n) is 6.02. The van der Waals surface area contributed by atoms with Crippen LogP contribution in [0, 0.1) is 18.3 Å². The first-order chi connectivity index (χ1) is 17.9. The van der Waals surface area contributed by atoms with Gasteiger partial charge in [-0.1, -0.05) is 68.3 Å². The molecule has 7 nitrogen and oxygen atoms in total. The zero-order chi connectivity index (χ0) is 28.0. The lowest BCUT2D eigenvalue weighted by Gasteiger charge is -2.33. The number of carbonyl (C=O) groups excluding carboxylic acids is 3. The maximum absolute atomic E-state index is 13.8. The maximum Gasteiger partial charge on any atom is 0.408 e. The minimum absolute atomic E-state index is 0.274. The Bertz CT molecular complexity index is 1370. The molecule has 0 spiro atoms. The van der Waals surface area contributed by atoms with Crippen LogP contribution < -0.4 is 10.6 Å². The van der Waals surface area contributed by atoms with Crippen molar-refractivity contribution in [1.29, 1.82) is 0 Å². The number of benzene rings is 3. The fourth-order valence-electron chi connectivity index (χ4n) is 4.17. The molecule has 0 aliphatic carbocycles. The van der Waals surface area contributed by atoms with Gasteiger partial charge in [0.2, 0.25) is 5.91 Å². The molecule has 0 aliphatic heterocycles. The molecule has 3 aromatic carbocycles. The van der Waals surface area contributed by atoms with Crippen molar-refractivity contribution >= 4 is 34.4 Å². The van der Waals surface area contributed by atoms with Crippen LogP contribution in [-0.4, -0.2) is 41.5 Å². The zero-order valence-corrected chi connectivity index (χ0v) is 22.7. The highest BCUT2D eigenvalue weighted by Crippen LogP contribution is 2.27. The predicted molar refractivity (Wildman–Crippen MR) is 150 cm³/mol. The molecule has 3 rings (SSSR count). The van der Waals surface area contributed by atoms with E-state index in [0.29, 0.717) is 16.8 Å². The molecule has 0 aliphatic rings. The quantitative estimate of drug-likeness (QED) is 0.408. The summed E-state index contributed by atoms with van der Waals surface area (Å²) < 4.78 is 5.36. The molecule has 0 saturated carbocycles. The second kappa shape index (κ2) is 11.8. The van der Waals surface area contributed by atoms with E-state index in [1.165, 1.54) is 11.9 Å². The van der Waals surface area contributed by atoms with Gasteiger partial charge in [0.05, 0.1) is 0 Å². The molecular weight excluding hydrogens is 478 g/mol. The maximum atomic E-state index is 13.8. The van der Waals surface area contributed by atoms with Crippen molar-refractivity contribution in [3.8, 4) is 12.3 Å². The van der Waals surface area contributed by atoms with Gasteiger partial charge in [0.1, 0.15) is 17.7 Å². The SMILES string of the molecule is C#Cc1ccccc1C(C(=O)Nc1ccc2ccccc2c1)N(C)C(=O)C(NC(=O)OC(C)(C)C)C(C)C. The molecule has 0 saturated heterocycles. The summed E-state index contributed by atoms with van der Waals surface area (Å²) in [5, 5.41) is 7.63. The summed E-state index contributed by atoms with van der Waals surface area (Å²) in [7, 11) is 1.53. The Hall–Kier alpha value is -4.31. The van der Waals surface area contributed by atoms with Crippen molar-refractivity contribution in [3.63, 3.8) is 0 Å². The van der Waals surface area contributed by atoms with Crippen LogP contribution in [-0.2, 0) is 14.3 Å². The van der Waals surface area contributed by atoms with Gasteiger partial charge in [-0.25, -0.2) is 4.79 Å². The Labute approximate surface area is 224 Å². The normalized spacial score (nSPS) is 12.8. The first-order valence-corrected chi connectivity index (χ1v) is 12.5. The molecule has 0 aromatic heterocycles. The zero-order valence-electron chi connectivity index (χ0n) is 22.7. The standard InChI is InChI=1S/C31H35N3O4/c1-8-21-13-11-12-16-25(21)27(28(35)32-24-18-17-22-14-9-10-15-23(22)19-24)34(7)29(36)26(20(2)3)33-30(37)38-31(4,5)6/h1,9-20,26-27H,2-7H3,(H,32,35)(H,33,37). The van der Waals surface area contributed by atoms with Gasteiger partial charge in [-0.3, -0.25) is 9.59 Å². The number of anilines is 1. The largest absolute Gasteiger partial charge is 0.444 e. The molecule has 3 aromatic rings. The lowest BCUT2D eigenvalue weighted by atomic mass is 9.96. The van der Waals surface area contributed by atoms with Crippen LogP contribution in [0.5, 0.6) is 0 Å². The number of hydrogen-bond donors (Lipinski definition) is 2. The van der Waals surface area contributed by atoms with E-state index in [-0.39, 0.29) is 5.92 Å². The molecule has 0 fully saturated rings. The van der Waals surface area contributed by atoms with Gasteiger partial charge in [0.15, 0.2) is 0 Å². The van der Waals surface area contributed by atoms with Gasteiger partial charge in [0, 0.05) is 18.3 Å². The molecule has 0 heterocycles. The number of alkyl carbamates (subject to hydrolysis) is 1. The first kappa shape index (κ1) is 28.3. The van der Waals surface area contributed by atoms with E-state index in [1.807, 2.05) is 56.3 Å². The van der Waals surface area contributed by atoms with E-state index in [9.17, 15) is 14.4 Å². The highest BCUT2D eigenvalue weighted by molar-refractivity contribution is 6.00. The van der Waals surface area contributed by atoms with Crippen LogP contribution in [0.25, 0.3) is 10.8 Å². The molecule has 3 amide bonds. The Morgan fingerprint density at radius 3 is 2.21 bits per heavy atom. The van der Waals surface area contributed by atoms with E-state index in [1.54, 1.807) is 45.0 Å². The van der Waals surface area contributed by atoms with E-state index in [4.69, 9.17) is 11.2 Å². The van der Waals surface area contributed by atoms with Crippen LogP contribution in [0.15, 0.2) is 66.7 Å². The third kappa shape index (κ3) is 6.92. The van der Waals surface area contributed by atoms with Crippen molar-refractivity contribution < 1.29 is 19.1 Å². The predicted octanol–water partition coefficient (Wildman–Crippen LogP) is 5.51. The van der Waals surface area contributed by atoms with Crippen molar-refractivity contribution in [2.75, 3.05) is 12.4 Å². The highest BCUT2D eigenvalue weighted by atomic mass is 16.6. The number of amides is 3. The summed E-state index contributed by atoms with van der Waals surface area (Å²) in [5.41, 5.74) is 0.857. The highest BCUT2D eigenvalue weighted by Gasteiger charge is 2.36. The molecule has 38 heavy (non-hydrogen) atoms. The average molecular weight is 514 g/mol. The monoisotopic (exact) mass is 513 g/mol. The fourth-order valence-corrected chi connectivity index (χ4v) is 4.17. The molecule has 2 unspecified atom stereocenters. The van der Waals surface area contributed by atoms with Crippen LogP contribution in [0.4, 0.5) is 10.5 Å². The van der Waals surface area contributed by atoms with E-state index >= 15 is 0 Å². The van der Waals surface area contributed by atoms with Gasteiger partial charge in [-0.15, -0.1) is 6.42 Å². The summed E-state index contributed by atoms with van der Waals surface area (Å²) in [6, 6.07) is 18.5. The molecule has 7 heteroatoms. The number of nitrogens with zero attached hydrogens (tertiary/aromatic N) is 1. The molecule has 2 atom stereocenters. The molecular formula is C31H35N3O4. The average Bonchev–Trinajstić information content (AvgIpc) is 2.86.